The third-order valence-corrected chi connectivity index (χ3v) is 8.59. The van der Waals surface area contributed by atoms with E-state index in [-0.39, 0.29) is 10.8 Å². The highest BCUT2D eigenvalue weighted by Crippen LogP contribution is 2.28. The summed E-state index contributed by atoms with van der Waals surface area (Å²) in [6, 6.07) is 13.9. The summed E-state index contributed by atoms with van der Waals surface area (Å²) in [5, 5.41) is 5.16. The van der Waals surface area contributed by atoms with Crippen LogP contribution in [0.15, 0.2) is 63.3 Å². The number of nitrogens with one attached hydrogen (secondary N) is 1. The van der Waals surface area contributed by atoms with Crippen molar-refractivity contribution in [1.29, 1.82) is 0 Å². The van der Waals surface area contributed by atoms with Crippen molar-refractivity contribution in [1.82, 2.24) is 9.29 Å². The Labute approximate surface area is 200 Å². The van der Waals surface area contributed by atoms with Crippen LogP contribution in [0.25, 0.3) is 11.3 Å². The van der Waals surface area contributed by atoms with Crippen LogP contribution >= 0.6 is 27.3 Å². The molecule has 0 radical (unpaired) electrons. The molecule has 1 fully saturated rings. The molecule has 1 N–H and O–H groups in total. The van der Waals surface area contributed by atoms with E-state index in [1.54, 1.807) is 16.4 Å². The minimum absolute atomic E-state index is 0.210. The first-order valence-electron chi connectivity index (χ1n) is 10.4. The van der Waals surface area contributed by atoms with Gasteiger partial charge < -0.3 is 0 Å². The Hall–Kier alpha value is -2.07. The van der Waals surface area contributed by atoms with Crippen molar-refractivity contribution in [3.63, 3.8) is 0 Å². The number of benzene rings is 2. The molecule has 0 aliphatic carbocycles. The molecule has 4 rings (SSSR count). The number of amides is 1. The zero-order chi connectivity index (χ0) is 22.9. The fourth-order valence-corrected chi connectivity index (χ4v) is 6.64. The van der Waals surface area contributed by atoms with Gasteiger partial charge in [-0.1, -0.05) is 41.9 Å². The normalized spacial score (nSPS) is 19.6. The van der Waals surface area contributed by atoms with Crippen molar-refractivity contribution >= 4 is 48.3 Å². The number of hydrogen-bond donors (Lipinski definition) is 1. The monoisotopic (exact) mass is 533 g/mol. The zero-order valence-corrected chi connectivity index (χ0v) is 21.0. The second-order valence-corrected chi connectivity index (χ2v) is 12.0. The van der Waals surface area contributed by atoms with Crippen LogP contribution in [0, 0.1) is 11.8 Å². The van der Waals surface area contributed by atoms with Crippen molar-refractivity contribution in [2.75, 3.05) is 18.4 Å². The van der Waals surface area contributed by atoms with Crippen LogP contribution in [-0.4, -0.2) is 36.7 Å². The maximum atomic E-state index is 13.0. The van der Waals surface area contributed by atoms with E-state index in [1.807, 2.05) is 29.6 Å². The molecule has 0 spiro atoms. The molecule has 1 aliphatic heterocycles. The molecule has 9 heteroatoms. The lowest BCUT2D eigenvalue weighted by Crippen LogP contribution is -2.42. The van der Waals surface area contributed by atoms with Gasteiger partial charge in [-0.15, -0.1) is 11.3 Å². The molecule has 6 nitrogen and oxygen atoms in total. The van der Waals surface area contributed by atoms with Crippen molar-refractivity contribution in [2.45, 2.75) is 25.2 Å². The van der Waals surface area contributed by atoms with Gasteiger partial charge in [0.25, 0.3) is 5.91 Å². The third kappa shape index (κ3) is 5.11. The molecule has 1 aliphatic rings. The van der Waals surface area contributed by atoms with Crippen molar-refractivity contribution in [3.8, 4) is 11.3 Å². The number of sulfonamides is 1. The maximum absolute atomic E-state index is 13.0. The van der Waals surface area contributed by atoms with Gasteiger partial charge in [-0.3, -0.25) is 10.1 Å². The lowest BCUT2D eigenvalue weighted by Gasteiger charge is -2.34. The van der Waals surface area contributed by atoms with E-state index in [9.17, 15) is 13.2 Å². The second-order valence-electron chi connectivity index (χ2n) is 8.29. The molecule has 1 amide bonds. The number of nitrogens with zero attached hydrogens (tertiary/aromatic N) is 2. The molecule has 0 unspecified atom stereocenters. The lowest BCUT2D eigenvalue weighted by molar-refractivity contribution is 0.102. The van der Waals surface area contributed by atoms with Crippen LogP contribution in [0.3, 0.4) is 0 Å². The third-order valence-electron chi connectivity index (χ3n) is 5.45. The van der Waals surface area contributed by atoms with E-state index < -0.39 is 10.0 Å². The summed E-state index contributed by atoms with van der Waals surface area (Å²) < 4.78 is 28.6. The lowest BCUT2D eigenvalue weighted by atomic mass is 9.94. The molecule has 1 saturated heterocycles. The van der Waals surface area contributed by atoms with Gasteiger partial charge in [-0.2, -0.15) is 4.31 Å². The number of aromatic nitrogens is 1. The molecule has 168 valence electrons. The van der Waals surface area contributed by atoms with E-state index in [4.69, 9.17) is 0 Å². The molecule has 2 heterocycles. The van der Waals surface area contributed by atoms with E-state index >= 15 is 0 Å². The SMILES string of the molecule is C[C@@H]1C[C@H](C)CN(S(=O)(=O)c2ccc(C(=O)Nc3nc(-c4ccc(Br)cc4)cs3)cc2)C1. The molecule has 32 heavy (non-hydrogen) atoms. The molecule has 0 saturated carbocycles. The summed E-state index contributed by atoms with van der Waals surface area (Å²) in [7, 11) is -3.57. The summed E-state index contributed by atoms with van der Waals surface area (Å²) in [6.07, 6.45) is 1.03. The Morgan fingerprint density at radius 3 is 2.31 bits per heavy atom. The van der Waals surface area contributed by atoms with Crippen molar-refractivity contribution in [2.24, 2.45) is 11.8 Å². The minimum atomic E-state index is -3.57. The van der Waals surface area contributed by atoms with Crippen LogP contribution < -0.4 is 5.32 Å². The molecule has 2 aromatic carbocycles. The quantitative estimate of drug-likeness (QED) is 0.470. The predicted octanol–water partition coefficient (Wildman–Crippen LogP) is 5.49. The summed E-state index contributed by atoms with van der Waals surface area (Å²) in [6.45, 7) is 5.21. The first kappa shape index (κ1) is 23.1. The average molecular weight is 535 g/mol. The van der Waals surface area contributed by atoms with Crippen LogP contribution in [0.2, 0.25) is 0 Å². The Bertz CT molecular complexity index is 1200. The standard InChI is InChI=1S/C23H24BrN3O3S2/c1-15-11-16(2)13-27(12-15)32(29,30)20-9-5-18(6-10-20)22(28)26-23-25-21(14-31-23)17-3-7-19(24)8-4-17/h3-10,14-16H,11-13H2,1-2H3,(H,25,26,28)/t15-,16+. The number of thiazole rings is 1. The fraction of sp³-hybridized carbons (Fsp3) is 0.304. The van der Waals surface area contributed by atoms with Gasteiger partial charge in [0.1, 0.15) is 0 Å². The van der Waals surface area contributed by atoms with Crippen LogP contribution in [0.1, 0.15) is 30.6 Å². The van der Waals surface area contributed by atoms with Gasteiger partial charge in [-0.05, 0) is 54.7 Å². The topological polar surface area (TPSA) is 79.4 Å². The van der Waals surface area contributed by atoms with E-state index in [0.717, 1.165) is 22.2 Å². The summed E-state index contributed by atoms with van der Waals surface area (Å²) in [5.41, 5.74) is 2.12. The Balaban J connectivity index is 1.45. The minimum Gasteiger partial charge on any atom is -0.298 e. The number of rotatable bonds is 5. The molecular formula is C23H24BrN3O3S2. The largest absolute Gasteiger partial charge is 0.298 e. The first-order chi connectivity index (χ1) is 15.2. The highest BCUT2D eigenvalue weighted by atomic mass is 79.9. The van der Waals surface area contributed by atoms with Crippen LogP contribution in [0.5, 0.6) is 0 Å². The average Bonchev–Trinajstić information content (AvgIpc) is 3.22. The van der Waals surface area contributed by atoms with Gasteiger partial charge in [0, 0.05) is 34.1 Å². The number of carbonyl (C=O) groups is 1. The molecule has 3 aromatic rings. The van der Waals surface area contributed by atoms with Gasteiger partial charge in [0.05, 0.1) is 10.6 Å². The molecule has 2 atom stereocenters. The van der Waals surface area contributed by atoms with Crippen molar-refractivity contribution in [3.05, 3.63) is 63.9 Å². The number of piperidine rings is 1. The van der Waals surface area contributed by atoms with Gasteiger partial charge in [0.2, 0.25) is 10.0 Å². The number of anilines is 1. The van der Waals surface area contributed by atoms with E-state index in [2.05, 4.69) is 40.1 Å². The van der Waals surface area contributed by atoms with Crippen LogP contribution in [-0.2, 0) is 10.0 Å². The molecule has 1 aromatic heterocycles. The number of hydrogen-bond acceptors (Lipinski definition) is 5. The summed E-state index contributed by atoms with van der Waals surface area (Å²) in [5.74, 6) is 0.337. The molecule has 0 bridgehead atoms. The highest BCUT2D eigenvalue weighted by Gasteiger charge is 2.31. The first-order valence-corrected chi connectivity index (χ1v) is 13.5. The maximum Gasteiger partial charge on any atom is 0.257 e. The Morgan fingerprint density at radius 2 is 1.69 bits per heavy atom. The fourth-order valence-electron chi connectivity index (χ4n) is 3.98. The van der Waals surface area contributed by atoms with Gasteiger partial charge in [0.15, 0.2) is 5.13 Å². The van der Waals surface area contributed by atoms with Gasteiger partial charge in [-0.25, -0.2) is 13.4 Å². The number of halogens is 1. The van der Waals surface area contributed by atoms with E-state index in [1.165, 1.54) is 23.5 Å². The summed E-state index contributed by atoms with van der Waals surface area (Å²) >= 11 is 4.75. The van der Waals surface area contributed by atoms with Crippen molar-refractivity contribution < 1.29 is 13.2 Å². The molecular weight excluding hydrogens is 510 g/mol. The van der Waals surface area contributed by atoms with Crippen LogP contribution in [0.4, 0.5) is 5.13 Å². The van der Waals surface area contributed by atoms with Gasteiger partial charge >= 0.3 is 0 Å². The predicted molar refractivity (Wildman–Crippen MR) is 131 cm³/mol. The highest BCUT2D eigenvalue weighted by molar-refractivity contribution is 9.10. The second kappa shape index (κ2) is 9.43. The zero-order valence-electron chi connectivity index (χ0n) is 17.8. The number of carbonyl (C=O) groups excluding carboxylic acids is 1. The van der Waals surface area contributed by atoms with E-state index in [0.29, 0.717) is 35.6 Å². The Kier molecular flexibility index (Phi) is 6.80. The smallest absolute Gasteiger partial charge is 0.257 e. The Morgan fingerprint density at radius 1 is 1.06 bits per heavy atom. The summed E-state index contributed by atoms with van der Waals surface area (Å²) in [4.78, 5) is 17.3.